The van der Waals surface area contributed by atoms with Gasteiger partial charge in [0.2, 0.25) is 0 Å². The number of aldehydes is 1. The van der Waals surface area contributed by atoms with Crippen LogP contribution in [0.4, 0.5) is 22.0 Å². The first-order chi connectivity index (χ1) is 9.76. The monoisotopic (exact) mass is 310 g/mol. The smallest absolute Gasteiger partial charge is 0.426 e. The molecule has 0 saturated heterocycles. The Hall–Kier alpha value is -1.66. The van der Waals surface area contributed by atoms with Crippen molar-refractivity contribution in [3.63, 3.8) is 0 Å². The number of ether oxygens (including phenoxy) is 1. The largest absolute Gasteiger partial charge is 0.499 e. The summed E-state index contributed by atoms with van der Waals surface area (Å²) in [6.45, 7) is 0. The summed E-state index contributed by atoms with van der Waals surface area (Å²) in [6, 6.07) is 5.06. The molecule has 2 nitrogen and oxygen atoms in total. The van der Waals surface area contributed by atoms with Gasteiger partial charge in [-0.25, -0.2) is 0 Å². The lowest BCUT2D eigenvalue weighted by atomic mass is 10.1. The summed E-state index contributed by atoms with van der Waals surface area (Å²) in [4.78, 5) is 10.1. The van der Waals surface area contributed by atoms with Crippen molar-refractivity contribution in [2.75, 3.05) is 0 Å². The number of aryl methyl sites for hydroxylation is 1. The molecule has 0 atom stereocenters. The van der Waals surface area contributed by atoms with Crippen molar-refractivity contribution in [3.05, 3.63) is 29.8 Å². The van der Waals surface area contributed by atoms with E-state index < -0.39 is 18.0 Å². The fourth-order valence-electron chi connectivity index (χ4n) is 1.66. The van der Waals surface area contributed by atoms with E-state index >= 15 is 0 Å². The molecule has 0 bridgehead atoms. The molecule has 0 N–H and O–H groups in total. The number of hydrogen-bond donors (Lipinski definition) is 0. The van der Waals surface area contributed by atoms with E-state index in [1.165, 1.54) is 12.1 Å². The van der Waals surface area contributed by atoms with Gasteiger partial charge in [-0.3, -0.25) is 0 Å². The topological polar surface area (TPSA) is 26.3 Å². The van der Waals surface area contributed by atoms with E-state index in [1.54, 1.807) is 0 Å². The van der Waals surface area contributed by atoms with Gasteiger partial charge in [-0.05, 0) is 37.0 Å². The van der Waals surface area contributed by atoms with Crippen LogP contribution in [0.1, 0.15) is 31.2 Å². The van der Waals surface area contributed by atoms with Crippen molar-refractivity contribution in [2.45, 2.75) is 44.4 Å². The lowest BCUT2D eigenvalue weighted by Gasteiger charge is -2.20. The summed E-state index contributed by atoms with van der Waals surface area (Å²) in [6.07, 6.45) is -6.51. The van der Waals surface area contributed by atoms with Gasteiger partial charge < -0.3 is 9.53 Å². The highest BCUT2D eigenvalue weighted by Gasteiger charge is 2.61. The zero-order chi connectivity index (χ0) is 15.9. The number of hydrogen-bond acceptors (Lipinski definition) is 2. The van der Waals surface area contributed by atoms with Crippen LogP contribution in [-0.4, -0.2) is 18.6 Å². The average molecular weight is 310 g/mol. The number of alkyl halides is 5. The number of carbonyl (C=O) groups excluding carboxylic acids is 1. The lowest BCUT2D eigenvalue weighted by Crippen LogP contribution is -2.41. The highest BCUT2D eigenvalue weighted by atomic mass is 19.4. The van der Waals surface area contributed by atoms with E-state index in [0.29, 0.717) is 12.8 Å². The molecule has 0 heterocycles. The molecule has 7 heteroatoms. The molecule has 0 aromatic heterocycles. The van der Waals surface area contributed by atoms with Crippen LogP contribution in [0.15, 0.2) is 24.3 Å². The third kappa shape index (κ3) is 5.69. The zero-order valence-electron chi connectivity index (χ0n) is 11.1. The summed E-state index contributed by atoms with van der Waals surface area (Å²) < 4.78 is 64.9. The Morgan fingerprint density at radius 3 is 2.10 bits per heavy atom. The molecule has 0 aliphatic heterocycles. The second-order valence-corrected chi connectivity index (χ2v) is 4.53. The third-order valence-electron chi connectivity index (χ3n) is 2.79. The van der Waals surface area contributed by atoms with Crippen LogP contribution in [0.5, 0.6) is 5.75 Å². The van der Waals surface area contributed by atoms with Crippen LogP contribution in [0.2, 0.25) is 0 Å². The van der Waals surface area contributed by atoms with Gasteiger partial charge in [0.25, 0.3) is 0 Å². The van der Waals surface area contributed by atoms with Gasteiger partial charge in [0.1, 0.15) is 12.0 Å². The van der Waals surface area contributed by atoms with Crippen molar-refractivity contribution in [3.8, 4) is 5.75 Å². The number of unbranched alkanes of at least 4 members (excludes halogenated alkanes) is 3. The van der Waals surface area contributed by atoms with Gasteiger partial charge in [0.05, 0.1) is 0 Å². The molecule has 0 spiro atoms. The van der Waals surface area contributed by atoms with Crippen LogP contribution in [-0.2, 0) is 11.2 Å². The second-order valence-electron chi connectivity index (χ2n) is 4.53. The number of carbonyl (C=O) groups is 1. The second kappa shape index (κ2) is 7.38. The molecule has 0 unspecified atom stereocenters. The lowest BCUT2D eigenvalue weighted by molar-refractivity contribution is -0.360. The van der Waals surface area contributed by atoms with Crippen molar-refractivity contribution in [2.24, 2.45) is 0 Å². The van der Waals surface area contributed by atoms with Gasteiger partial charge >= 0.3 is 12.3 Å². The molecule has 1 rings (SSSR count). The Kier molecular flexibility index (Phi) is 6.11. The fraction of sp³-hybridized carbons (Fsp3) is 0.500. The molecule has 0 saturated carbocycles. The highest BCUT2D eigenvalue weighted by molar-refractivity contribution is 5.48. The molecule has 21 heavy (non-hydrogen) atoms. The Balaban J connectivity index is 2.49. The first-order valence-electron chi connectivity index (χ1n) is 6.42. The van der Waals surface area contributed by atoms with Crippen molar-refractivity contribution in [1.82, 2.24) is 0 Å². The maximum atomic E-state index is 12.7. The summed E-state index contributed by atoms with van der Waals surface area (Å²) in [5, 5.41) is 0. The number of halogens is 5. The minimum atomic E-state index is -5.75. The van der Waals surface area contributed by atoms with Crippen LogP contribution >= 0.6 is 0 Å². The van der Waals surface area contributed by atoms with Gasteiger partial charge in [0.15, 0.2) is 0 Å². The maximum Gasteiger partial charge on any atom is 0.499 e. The van der Waals surface area contributed by atoms with E-state index in [2.05, 4.69) is 4.74 Å². The van der Waals surface area contributed by atoms with E-state index in [4.69, 9.17) is 0 Å². The molecule has 118 valence electrons. The minimum absolute atomic E-state index is 0.499. The summed E-state index contributed by atoms with van der Waals surface area (Å²) in [7, 11) is 0. The van der Waals surface area contributed by atoms with E-state index in [9.17, 15) is 26.7 Å². The molecule has 0 radical (unpaired) electrons. The molecule has 0 aliphatic carbocycles. The van der Waals surface area contributed by atoms with E-state index in [-0.39, 0.29) is 0 Å². The summed E-state index contributed by atoms with van der Waals surface area (Å²) in [5.74, 6) is -0.540. The highest BCUT2D eigenvalue weighted by Crippen LogP contribution is 2.37. The summed E-state index contributed by atoms with van der Waals surface area (Å²) in [5.41, 5.74) is 0.809. The predicted molar refractivity (Wildman–Crippen MR) is 66.3 cm³/mol. The maximum absolute atomic E-state index is 12.7. The van der Waals surface area contributed by atoms with Crippen molar-refractivity contribution in [1.29, 1.82) is 0 Å². The van der Waals surface area contributed by atoms with Gasteiger partial charge in [-0.2, -0.15) is 22.0 Å². The minimum Gasteiger partial charge on any atom is -0.426 e. The molecule has 1 aromatic carbocycles. The Morgan fingerprint density at radius 2 is 1.57 bits per heavy atom. The number of benzene rings is 1. The predicted octanol–water partition coefficient (Wildman–Crippen LogP) is 4.52. The molecular formula is C14H15F5O2. The van der Waals surface area contributed by atoms with E-state index in [1.807, 2.05) is 0 Å². The molecule has 0 aliphatic rings. The van der Waals surface area contributed by atoms with Gasteiger partial charge in [-0.15, -0.1) is 0 Å². The van der Waals surface area contributed by atoms with Crippen LogP contribution in [0.25, 0.3) is 0 Å². The van der Waals surface area contributed by atoms with Gasteiger partial charge in [-0.1, -0.05) is 18.6 Å². The molecular weight excluding hydrogens is 295 g/mol. The van der Waals surface area contributed by atoms with Crippen LogP contribution < -0.4 is 4.74 Å². The normalized spacial score (nSPS) is 12.2. The van der Waals surface area contributed by atoms with Crippen molar-refractivity contribution >= 4 is 6.29 Å². The Morgan fingerprint density at radius 1 is 0.952 bits per heavy atom. The molecule has 0 amide bonds. The standard InChI is InChI=1S/C14H15F5O2/c15-13(16,17)14(18,19)21-12-8-6-11(7-9-12)5-3-1-2-4-10-20/h6-10H,1-5H2. The fourth-order valence-corrected chi connectivity index (χ4v) is 1.66. The first-order valence-corrected chi connectivity index (χ1v) is 6.42. The SMILES string of the molecule is O=CCCCCCc1ccc(OC(F)(F)C(F)(F)F)cc1. The first kappa shape index (κ1) is 17.4. The van der Waals surface area contributed by atoms with E-state index in [0.717, 1.165) is 43.2 Å². The van der Waals surface area contributed by atoms with Crippen LogP contribution in [0.3, 0.4) is 0 Å². The summed E-state index contributed by atoms with van der Waals surface area (Å²) >= 11 is 0. The Labute approximate surface area is 118 Å². The number of rotatable bonds is 8. The third-order valence-corrected chi connectivity index (χ3v) is 2.79. The quantitative estimate of drug-likeness (QED) is 0.401. The molecule has 1 aromatic rings. The molecule has 0 fully saturated rings. The zero-order valence-corrected chi connectivity index (χ0v) is 11.1. The van der Waals surface area contributed by atoms with Crippen molar-refractivity contribution < 1.29 is 31.5 Å². The average Bonchev–Trinajstić information content (AvgIpc) is 2.39. The van der Waals surface area contributed by atoms with Gasteiger partial charge in [0, 0.05) is 6.42 Å². The Bertz CT molecular complexity index is 440. The van der Waals surface area contributed by atoms with Crippen LogP contribution in [0, 0.1) is 0 Å².